The first-order chi connectivity index (χ1) is 15.6. The number of morpholine rings is 1. The number of nitrogens with one attached hydrogen (secondary N) is 2. The number of hydrogen-bond acceptors (Lipinski definition) is 7. The Morgan fingerprint density at radius 3 is 2.18 bits per heavy atom. The van der Waals surface area contributed by atoms with E-state index in [9.17, 15) is 18.0 Å². The minimum atomic E-state index is -3.97. The number of carbonyl (C=O) groups excluding carboxylic acids is 2. The Labute approximate surface area is 195 Å². The van der Waals surface area contributed by atoms with E-state index in [0.717, 1.165) is 0 Å². The summed E-state index contributed by atoms with van der Waals surface area (Å²) >= 11 is 6.17. The topological polar surface area (TPSA) is 123 Å². The number of amides is 2. The molecule has 10 nitrogen and oxygen atoms in total. The highest BCUT2D eigenvalue weighted by atomic mass is 35.5. The van der Waals surface area contributed by atoms with E-state index in [-0.39, 0.29) is 53.1 Å². The first-order valence-electron chi connectivity index (χ1n) is 10.1. The van der Waals surface area contributed by atoms with Gasteiger partial charge < -0.3 is 14.2 Å². The van der Waals surface area contributed by atoms with Crippen LogP contribution in [0.3, 0.4) is 0 Å². The van der Waals surface area contributed by atoms with Crippen LogP contribution in [0.25, 0.3) is 0 Å². The SMILES string of the molecule is CC1CN(S(=O)(=O)c2cc(C(=O)NNC(=O)c3ccc4c(c3)OCO4)ccc2Cl)CC(C)O1. The van der Waals surface area contributed by atoms with Gasteiger partial charge in [0.05, 0.1) is 17.2 Å². The van der Waals surface area contributed by atoms with Crippen molar-refractivity contribution in [1.29, 1.82) is 0 Å². The van der Waals surface area contributed by atoms with Gasteiger partial charge in [-0.15, -0.1) is 0 Å². The van der Waals surface area contributed by atoms with Crippen LogP contribution < -0.4 is 20.3 Å². The largest absolute Gasteiger partial charge is 0.454 e. The number of hydrogen-bond donors (Lipinski definition) is 2. The van der Waals surface area contributed by atoms with Crippen LogP contribution in [-0.2, 0) is 14.8 Å². The highest BCUT2D eigenvalue weighted by Crippen LogP contribution is 2.32. The molecular weight excluding hydrogens is 474 g/mol. The van der Waals surface area contributed by atoms with Crippen molar-refractivity contribution in [3.05, 3.63) is 52.5 Å². The second-order valence-electron chi connectivity index (χ2n) is 7.70. The van der Waals surface area contributed by atoms with Crippen molar-refractivity contribution in [3.63, 3.8) is 0 Å². The van der Waals surface area contributed by atoms with E-state index in [1.54, 1.807) is 19.9 Å². The van der Waals surface area contributed by atoms with E-state index < -0.39 is 21.8 Å². The monoisotopic (exact) mass is 495 g/mol. The van der Waals surface area contributed by atoms with E-state index >= 15 is 0 Å². The zero-order valence-corrected chi connectivity index (χ0v) is 19.4. The maximum absolute atomic E-state index is 13.2. The number of rotatable bonds is 4. The lowest BCUT2D eigenvalue weighted by atomic mass is 10.2. The zero-order chi connectivity index (χ0) is 23.8. The summed E-state index contributed by atoms with van der Waals surface area (Å²) in [4.78, 5) is 24.8. The first kappa shape index (κ1) is 23.3. The normalized spacial score (nSPS) is 20.3. The Morgan fingerprint density at radius 2 is 1.52 bits per heavy atom. The summed E-state index contributed by atoms with van der Waals surface area (Å²) in [7, 11) is -3.97. The predicted molar refractivity (Wildman–Crippen MR) is 118 cm³/mol. The van der Waals surface area contributed by atoms with Gasteiger partial charge in [0.15, 0.2) is 11.5 Å². The van der Waals surface area contributed by atoms with E-state index in [1.807, 2.05) is 0 Å². The molecule has 0 aliphatic carbocycles. The molecule has 2 unspecified atom stereocenters. The number of nitrogens with zero attached hydrogens (tertiary/aromatic N) is 1. The summed E-state index contributed by atoms with van der Waals surface area (Å²) in [5, 5.41) is -0.0113. The van der Waals surface area contributed by atoms with E-state index in [2.05, 4.69) is 10.9 Å². The summed E-state index contributed by atoms with van der Waals surface area (Å²) in [6, 6.07) is 8.48. The molecule has 1 saturated heterocycles. The maximum Gasteiger partial charge on any atom is 0.269 e. The minimum Gasteiger partial charge on any atom is -0.454 e. The fourth-order valence-corrected chi connectivity index (χ4v) is 5.69. The Morgan fingerprint density at radius 1 is 0.939 bits per heavy atom. The van der Waals surface area contributed by atoms with Crippen molar-refractivity contribution in [2.75, 3.05) is 19.9 Å². The lowest BCUT2D eigenvalue weighted by Gasteiger charge is -2.34. The van der Waals surface area contributed by atoms with Gasteiger partial charge in [-0.05, 0) is 50.2 Å². The van der Waals surface area contributed by atoms with Crippen LogP contribution in [0.5, 0.6) is 11.5 Å². The number of ether oxygens (including phenoxy) is 3. The van der Waals surface area contributed by atoms with Gasteiger partial charge in [-0.2, -0.15) is 4.31 Å². The van der Waals surface area contributed by atoms with Crippen molar-refractivity contribution < 1.29 is 32.2 Å². The quantitative estimate of drug-likeness (QED) is 0.621. The van der Waals surface area contributed by atoms with Crippen LogP contribution in [0, 0.1) is 0 Å². The number of halogens is 1. The first-order valence-corrected chi connectivity index (χ1v) is 11.9. The lowest BCUT2D eigenvalue weighted by molar-refractivity contribution is -0.0440. The Kier molecular flexibility index (Phi) is 6.48. The van der Waals surface area contributed by atoms with Gasteiger partial charge >= 0.3 is 0 Å². The average molecular weight is 496 g/mol. The number of carbonyl (C=O) groups is 2. The summed E-state index contributed by atoms with van der Waals surface area (Å²) in [6.07, 6.45) is -0.555. The Hall–Kier alpha value is -2.86. The molecular formula is C21H22ClN3O7S. The summed E-state index contributed by atoms with van der Waals surface area (Å²) in [5.74, 6) is -0.344. The van der Waals surface area contributed by atoms with Crippen molar-refractivity contribution in [2.24, 2.45) is 0 Å². The molecule has 33 heavy (non-hydrogen) atoms. The molecule has 0 aromatic heterocycles. The highest BCUT2D eigenvalue weighted by Gasteiger charge is 2.34. The van der Waals surface area contributed by atoms with Gasteiger partial charge in [-0.25, -0.2) is 8.42 Å². The molecule has 12 heteroatoms. The standard InChI is InChI=1S/C21H22ClN3O7S/c1-12-9-25(10-13(2)32-12)33(28,29)19-8-15(3-5-16(19)22)21(27)24-23-20(26)14-4-6-17-18(7-14)31-11-30-17/h3-8,12-13H,9-11H2,1-2H3,(H,23,26)(H,24,27). The molecule has 1 fully saturated rings. The van der Waals surface area contributed by atoms with Gasteiger partial charge in [0.25, 0.3) is 11.8 Å². The third-order valence-electron chi connectivity index (χ3n) is 5.12. The minimum absolute atomic E-state index is 0.0113. The van der Waals surface area contributed by atoms with Crippen LogP contribution in [0.15, 0.2) is 41.3 Å². The third kappa shape index (κ3) is 4.91. The molecule has 176 valence electrons. The molecule has 2 amide bonds. The molecule has 0 radical (unpaired) electrons. The van der Waals surface area contributed by atoms with E-state index in [0.29, 0.717) is 11.5 Å². The molecule has 0 saturated carbocycles. The van der Waals surface area contributed by atoms with Gasteiger partial charge in [0.1, 0.15) is 4.90 Å². The van der Waals surface area contributed by atoms with Crippen molar-refractivity contribution >= 4 is 33.4 Å². The number of hydrazine groups is 1. The summed E-state index contributed by atoms with van der Waals surface area (Å²) in [5.41, 5.74) is 4.82. The van der Waals surface area contributed by atoms with Gasteiger partial charge in [-0.3, -0.25) is 20.4 Å². The van der Waals surface area contributed by atoms with Crippen LogP contribution in [0.4, 0.5) is 0 Å². The molecule has 0 spiro atoms. The van der Waals surface area contributed by atoms with Crippen LogP contribution in [-0.4, -0.2) is 56.6 Å². The third-order valence-corrected chi connectivity index (χ3v) is 7.43. The average Bonchev–Trinajstić information content (AvgIpc) is 3.24. The number of sulfonamides is 1. The number of fused-ring (bicyclic) bond motifs is 1. The highest BCUT2D eigenvalue weighted by molar-refractivity contribution is 7.89. The molecule has 2 heterocycles. The zero-order valence-electron chi connectivity index (χ0n) is 17.8. The second kappa shape index (κ2) is 9.18. The van der Waals surface area contributed by atoms with E-state index in [1.165, 1.54) is 34.6 Å². The lowest BCUT2D eigenvalue weighted by Crippen LogP contribution is -2.48. The van der Waals surface area contributed by atoms with Crippen molar-refractivity contribution in [2.45, 2.75) is 31.0 Å². The maximum atomic E-state index is 13.2. The molecule has 0 bridgehead atoms. The predicted octanol–water partition coefficient (Wildman–Crippen LogP) is 1.94. The van der Waals surface area contributed by atoms with Crippen molar-refractivity contribution in [1.82, 2.24) is 15.2 Å². The molecule has 2 aliphatic heterocycles. The van der Waals surface area contributed by atoms with Crippen LogP contribution in [0.1, 0.15) is 34.6 Å². The second-order valence-corrected chi connectivity index (χ2v) is 10.0. The van der Waals surface area contributed by atoms with Gasteiger partial charge in [0, 0.05) is 24.2 Å². The van der Waals surface area contributed by atoms with Gasteiger partial charge in [0.2, 0.25) is 16.8 Å². The summed E-state index contributed by atoms with van der Waals surface area (Å²) in [6.45, 7) is 3.98. The molecule has 2 aliphatic rings. The fourth-order valence-electron chi connectivity index (χ4n) is 3.60. The van der Waals surface area contributed by atoms with E-state index in [4.69, 9.17) is 25.8 Å². The van der Waals surface area contributed by atoms with Crippen molar-refractivity contribution in [3.8, 4) is 11.5 Å². The Bertz CT molecular complexity index is 1190. The fraction of sp³-hybridized carbons (Fsp3) is 0.333. The smallest absolute Gasteiger partial charge is 0.269 e. The molecule has 4 rings (SSSR count). The van der Waals surface area contributed by atoms with Crippen LogP contribution >= 0.6 is 11.6 Å². The Balaban J connectivity index is 1.47. The van der Waals surface area contributed by atoms with Crippen LogP contribution in [0.2, 0.25) is 5.02 Å². The number of benzene rings is 2. The molecule has 2 aromatic carbocycles. The molecule has 2 aromatic rings. The molecule has 2 atom stereocenters. The molecule has 2 N–H and O–H groups in total. The summed E-state index contributed by atoms with van der Waals surface area (Å²) < 4.78 is 43.7. The van der Waals surface area contributed by atoms with Gasteiger partial charge in [-0.1, -0.05) is 11.6 Å².